The zero-order valence-corrected chi connectivity index (χ0v) is 11.7. The quantitative estimate of drug-likeness (QED) is 0.851. The first-order valence-corrected chi connectivity index (χ1v) is 6.66. The lowest BCUT2D eigenvalue weighted by molar-refractivity contribution is -0.138. The Bertz CT molecular complexity index is 616. The van der Waals surface area contributed by atoms with Gasteiger partial charge >= 0.3 is 5.97 Å². The molecule has 2 aromatic rings. The van der Waals surface area contributed by atoms with E-state index < -0.39 is 11.9 Å². The lowest BCUT2D eigenvalue weighted by Crippen LogP contribution is -2.08. The number of pyridine rings is 1. The maximum absolute atomic E-state index is 11.1. The number of carbonyl (C=O) groups is 1. The summed E-state index contributed by atoms with van der Waals surface area (Å²) < 4.78 is 5.74. The van der Waals surface area contributed by atoms with Gasteiger partial charge in [-0.25, -0.2) is 4.98 Å². The number of carboxylic acids is 1. The molecule has 1 heterocycles. The summed E-state index contributed by atoms with van der Waals surface area (Å²) in [6, 6.07) is 10.6. The van der Waals surface area contributed by atoms with Crippen molar-refractivity contribution in [3.63, 3.8) is 0 Å². The Morgan fingerprint density at radius 2 is 2.10 bits per heavy atom. The largest absolute Gasteiger partial charge is 0.481 e. The summed E-state index contributed by atoms with van der Waals surface area (Å²) in [6.45, 7) is 1.62. The number of para-hydroxylation sites is 1. The third kappa shape index (κ3) is 3.08. The summed E-state index contributed by atoms with van der Waals surface area (Å²) >= 11 is 5.84. The smallest absolute Gasteiger partial charge is 0.310 e. The van der Waals surface area contributed by atoms with Crippen LogP contribution >= 0.6 is 11.6 Å². The second kappa shape index (κ2) is 6.39. The first-order valence-electron chi connectivity index (χ1n) is 6.13. The SMILES string of the molecule is CC(C(=O)O)c1ccccc1Oc1ncccc1CCl. The molecule has 1 N–H and O–H groups in total. The van der Waals surface area contributed by atoms with Gasteiger partial charge in [0.1, 0.15) is 5.75 Å². The standard InChI is InChI=1S/C15H14ClNO3/c1-10(15(18)19)12-6-2-3-7-13(12)20-14-11(9-16)5-4-8-17-14/h2-8,10H,9H2,1H3,(H,18,19). The van der Waals surface area contributed by atoms with Gasteiger partial charge in [-0.3, -0.25) is 4.79 Å². The highest BCUT2D eigenvalue weighted by Gasteiger charge is 2.19. The number of hydrogen-bond donors (Lipinski definition) is 1. The maximum Gasteiger partial charge on any atom is 0.310 e. The van der Waals surface area contributed by atoms with Gasteiger partial charge in [-0.1, -0.05) is 24.3 Å². The lowest BCUT2D eigenvalue weighted by Gasteiger charge is -2.14. The molecule has 0 amide bonds. The van der Waals surface area contributed by atoms with Crippen molar-refractivity contribution in [1.82, 2.24) is 4.98 Å². The molecular weight excluding hydrogens is 278 g/mol. The number of halogens is 1. The second-order valence-corrected chi connectivity index (χ2v) is 4.57. The summed E-state index contributed by atoms with van der Waals surface area (Å²) in [5, 5.41) is 9.13. The Balaban J connectivity index is 2.36. The zero-order chi connectivity index (χ0) is 14.5. The highest BCUT2D eigenvalue weighted by molar-refractivity contribution is 6.17. The third-order valence-corrected chi connectivity index (χ3v) is 3.24. The van der Waals surface area contributed by atoms with Crippen LogP contribution in [0.1, 0.15) is 24.0 Å². The number of alkyl halides is 1. The average molecular weight is 292 g/mol. The summed E-state index contributed by atoms with van der Waals surface area (Å²) in [6.07, 6.45) is 1.61. The molecule has 0 saturated heterocycles. The fourth-order valence-corrected chi connectivity index (χ4v) is 1.99. The molecule has 4 nitrogen and oxygen atoms in total. The molecule has 2 rings (SSSR count). The van der Waals surface area contributed by atoms with Crippen LogP contribution in [-0.2, 0) is 10.7 Å². The predicted octanol–water partition coefficient (Wildman–Crippen LogP) is 3.80. The van der Waals surface area contributed by atoms with E-state index in [1.54, 1.807) is 43.5 Å². The van der Waals surface area contributed by atoms with Gasteiger partial charge in [-0.15, -0.1) is 11.6 Å². The molecule has 0 aliphatic rings. The van der Waals surface area contributed by atoms with E-state index in [9.17, 15) is 4.79 Å². The van der Waals surface area contributed by atoms with E-state index in [1.807, 2.05) is 6.07 Å². The van der Waals surface area contributed by atoms with Crippen molar-refractivity contribution in [3.05, 3.63) is 53.7 Å². The van der Waals surface area contributed by atoms with Crippen LogP contribution < -0.4 is 4.74 Å². The number of aliphatic carboxylic acids is 1. The molecule has 0 fully saturated rings. The fourth-order valence-electron chi connectivity index (χ4n) is 1.79. The van der Waals surface area contributed by atoms with Crippen molar-refractivity contribution in [2.24, 2.45) is 0 Å². The number of carboxylic acid groups (broad SMARTS) is 1. The Labute approximate surface area is 122 Å². The second-order valence-electron chi connectivity index (χ2n) is 4.30. The monoisotopic (exact) mass is 291 g/mol. The zero-order valence-electron chi connectivity index (χ0n) is 10.9. The van der Waals surface area contributed by atoms with Crippen LogP contribution in [0.25, 0.3) is 0 Å². The van der Waals surface area contributed by atoms with Crippen LogP contribution in [0.4, 0.5) is 0 Å². The van der Waals surface area contributed by atoms with Gasteiger partial charge in [0.25, 0.3) is 0 Å². The van der Waals surface area contributed by atoms with Gasteiger partial charge < -0.3 is 9.84 Å². The number of hydrogen-bond acceptors (Lipinski definition) is 3. The van der Waals surface area contributed by atoms with E-state index in [0.717, 1.165) is 5.56 Å². The van der Waals surface area contributed by atoms with E-state index in [2.05, 4.69) is 4.98 Å². The van der Waals surface area contributed by atoms with Gasteiger partial charge in [0, 0.05) is 17.3 Å². The maximum atomic E-state index is 11.1. The van der Waals surface area contributed by atoms with Crippen LogP contribution in [0.15, 0.2) is 42.6 Å². The van der Waals surface area contributed by atoms with Crippen LogP contribution in [-0.4, -0.2) is 16.1 Å². The Hall–Kier alpha value is -2.07. The van der Waals surface area contributed by atoms with Crippen molar-refractivity contribution < 1.29 is 14.6 Å². The van der Waals surface area contributed by atoms with Crippen molar-refractivity contribution in [2.45, 2.75) is 18.7 Å². The summed E-state index contributed by atoms with van der Waals surface area (Å²) in [4.78, 5) is 15.3. The number of rotatable bonds is 5. The molecule has 1 atom stereocenters. The van der Waals surface area contributed by atoms with Gasteiger partial charge in [0.15, 0.2) is 0 Å². The van der Waals surface area contributed by atoms with E-state index in [4.69, 9.17) is 21.4 Å². The van der Waals surface area contributed by atoms with E-state index >= 15 is 0 Å². The minimum atomic E-state index is -0.903. The molecule has 0 aliphatic carbocycles. The Kier molecular flexibility index (Phi) is 4.58. The van der Waals surface area contributed by atoms with Gasteiger partial charge in [-0.2, -0.15) is 0 Å². The molecule has 1 aromatic carbocycles. The normalized spacial score (nSPS) is 11.9. The first kappa shape index (κ1) is 14.3. The van der Waals surface area contributed by atoms with Crippen LogP contribution in [0.5, 0.6) is 11.6 Å². The molecule has 0 bridgehead atoms. The van der Waals surface area contributed by atoms with E-state index in [0.29, 0.717) is 17.2 Å². The highest BCUT2D eigenvalue weighted by atomic mass is 35.5. The lowest BCUT2D eigenvalue weighted by atomic mass is 10.0. The van der Waals surface area contributed by atoms with Crippen LogP contribution in [0.3, 0.4) is 0 Å². The molecule has 104 valence electrons. The summed E-state index contributed by atoms with van der Waals surface area (Å²) in [5.41, 5.74) is 1.36. The van der Waals surface area contributed by atoms with Gasteiger partial charge in [-0.05, 0) is 19.1 Å². The topological polar surface area (TPSA) is 59.4 Å². The number of nitrogens with zero attached hydrogens (tertiary/aromatic N) is 1. The molecule has 0 aliphatic heterocycles. The number of benzene rings is 1. The van der Waals surface area contributed by atoms with Crippen molar-refractivity contribution >= 4 is 17.6 Å². The molecule has 5 heteroatoms. The first-order chi connectivity index (χ1) is 9.63. The minimum absolute atomic E-state index is 0.278. The molecule has 1 aromatic heterocycles. The van der Waals surface area contributed by atoms with Crippen molar-refractivity contribution in [2.75, 3.05) is 0 Å². The average Bonchev–Trinajstić information content (AvgIpc) is 2.47. The summed E-state index contributed by atoms with van der Waals surface area (Å²) in [7, 11) is 0. The number of aromatic nitrogens is 1. The number of ether oxygens (including phenoxy) is 1. The van der Waals surface area contributed by atoms with Gasteiger partial charge in [0.2, 0.25) is 5.88 Å². The Morgan fingerprint density at radius 1 is 1.35 bits per heavy atom. The Morgan fingerprint density at radius 3 is 2.80 bits per heavy atom. The van der Waals surface area contributed by atoms with E-state index in [-0.39, 0.29) is 5.88 Å². The highest BCUT2D eigenvalue weighted by Crippen LogP contribution is 2.31. The predicted molar refractivity (Wildman–Crippen MR) is 76.4 cm³/mol. The molecule has 0 spiro atoms. The molecule has 0 saturated carbocycles. The molecule has 20 heavy (non-hydrogen) atoms. The van der Waals surface area contributed by atoms with Gasteiger partial charge in [0.05, 0.1) is 11.8 Å². The minimum Gasteiger partial charge on any atom is -0.481 e. The van der Waals surface area contributed by atoms with E-state index in [1.165, 1.54) is 0 Å². The third-order valence-electron chi connectivity index (χ3n) is 2.96. The fraction of sp³-hybridized carbons (Fsp3) is 0.200. The molecule has 1 unspecified atom stereocenters. The molecular formula is C15H14ClNO3. The van der Waals surface area contributed by atoms with Crippen LogP contribution in [0, 0.1) is 0 Å². The van der Waals surface area contributed by atoms with Crippen LogP contribution in [0.2, 0.25) is 0 Å². The summed E-state index contributed by atoms with van der Waals surface area (Å²) in [5.74, 6) is -0.409. The van der Waals surface area contributed by atoms with Crippen molar-refractivity contribution in [1.29, 1.82) is 0 Å². The van der Waals surface area contributed by atoms with Crippen molar-refractivity contribution in [3.8, 4) is 11.6 Å². The molecule has 0 radical (unpaired) electrons.